The molecule has 0 bridgehead atoms. The van der Waals surface area contributed by atoms with E-state index in [1.54, 1.807) is 4.68 Å². The number of amides is 1. The number of aromatic nitrogens is 4. The number of nitrogens with zero attached hydrogens (tertiary/aromatic N) is 4. The van der Waals surface area contributed by atoms with Gasteiger partial charge in [0.1, 0.15) is 5.82 Å². The Morgan fingerprint density at radius 3 is 2.81 bits per heavy atom. The number of anilines is 1. The number of halogens is 2. The second kappa shape index (κ2) is 7.84. The first-order valence-corrected chi connectivity index (χ1v) is 9.04. The van der Waals surface area contributed by atoms with Crippen molar-refractivity contribution in [3.8, 4) is 5.69 Å². The topological polar surface area (TPSA) is 72.7 Å². The van der Waals surface area contributed by atoms with Crippen LogP contribution in [0.3, 0.4) is 0 Å². The summed E-state index contributed by atoms with van der Waals surface area (Å²) in [7, 11) is 0. The van der Waals surface area contributed by atoms with E-state index in [0.717, 1.165) is 23.0 Å². The predicted octanol–water partition coefficient (Wildman–Crippen LogP) is 3.80. The van der Waals surface area contributed by atoms with Crippen LogP contribution in [0.25, 0.3) is 5.69 Å². The number of nitrogens with one attached hydrogen (secondary N) is 1. The maximum atomic E-state index is 13.7. The molecule has 1 N–H and O–H groups in total. The van der Waals surface area contributed by atoms with Crippen LogP contribution in [0.1, 0.15) is 11.1 Å². The zero-order chi connectivity index (χ0) is 18.7. The molecule has 0 fully saturated rings. The fourth-order valence-corrected chi connectivity index (χ4v) is 3.06. The first-order valence-electron chi connectivity index (χ1n) is 7.68. The summed E-state index contributed by atoms with van der Waals surface area (Å²) in [5.41, 5.74) is 3.13. The molecule has 1 aromatic heterocycles. The molecule has 0 spiro atoms. The smallest absolute Gasteiger partial charge is 0.234 e. The van der Waals surface area contributed by atoms with Gasteiger partial charge in [-0.2, -0.15) is 4.68 Å². The molecule has 3 rings (SSSR count). The minimum absolute atomic E-state index is 0.0250. The molecule has 3 aromatic rings. The highest BCUT2D eigenvalue weighted by Gasteiger charge is 2.13. The Balaban J connectivity index is 1.69. The number of hydrogen-bond donors (Lipinski definition) is 1. The summed E-state index contributed by atoms with van der Waals surface area (Å²) >= 11 is 6.97. The second-order valence-corrected chi connectivity index (χ2v) is 6.98. The van der Waals surface area contributed by atoms with Crippen molar-refractivity contribution < 1.29 is 9.18 Å². The Kier molecular flexibility index (Phi) is 5.53. The SMILES string of the molecule is Cc1ccc(-n2nnnc2SCC(=O)Nc2cc(Cl)ccc2F)cc1C. The van der Waals surface area contributed by atoms with Crippen molar-refractivity contribution in [3.05, 3.63) is 58.4 Å². The van der Waals surface area contributed by atoms with Gasteiger partial charge in [-0.3, -0.25) is 4.79 Å². The Morgan fingerprint density at radius 1 is 1.23 bits per heavy atom. The van der Waals surface area contributed by atoms with Crippen LogP contribution in [0.15, 0.2) is 41.6 Å². The van der Waals surface area contributed by atoms with Gasteiger partial charge >= 0.3 is 0 Å². The minimum atomic E-state index is -0.548. The van der Waals surface area contributed by atoms with Gasteiger partial charge in [0.2, 0.25) is 11.1 Å². The van der Waals surface area contributed by atoms with E-state index in [0.29, 0.717) is 10.2 Å². The lowest BCUT2D eigenvalue weighted by Gasteiger charge is -2.08. The van der Waals surface area contributed by atoms with Gasteiger partial charge in [0.05, 0.1) is 17.1 Å². The van der Waals surface area contributed by atoms with E-state index in [1.165, 1.54) is 23.8 Å². The van der Waals surface area contributed by atoms with Crippen LogP contribution in [-0.4, -0.2) is 31.9 Å². The van der Waals surface area contributed by atoms with E-state index in [1.807, 2.05) is 32.0 Å². The molecule has 0 saturated carbocycles. The third kappa shape index (κ3) is 4.20. The summed E-state index contributed by atoms with van der Waals surface area (Å²) in [5.74, 6) is -0.907. The summed E-state index contributed by atoms with van der Waals surface area (Å²) in [6, 6.07) is 9.83. The normalized spacial score (nSPS) is 10.8. The number of carbonyl (C=O) groups excluding carboxylic acids is 1. The predicted molar refractivity (Wildman–Crippen MR) is 99.4 cm³/mol. The molecular weight excluding hydrogens is 377 g/mol. The average Bonchev–Trinajstić information content (AvgIpc) is 3.07. The summed E-state index contributed by atoms with van der Waals surface area (Å²) in [5, 5.41) is 14.9. The summed E-state index contributed by atoms with van der Waals surface area (Å²) in [4.78, 5) is 12.1. The highest BCUT2D eigenvalue weighted by Crippen LogP contribution is 2.22. The molecule has 1 heterocycles. The number of hydrogen-bond acceptors (Lipinski definition) is 5. The van der Waals surface area contributed by atoms with Crippen LogP contribution in [0.5, 0.6) is 0 Å². The number of carbonyl (C=O) groups is 1. The van der Waals surface area contributed by atoms with E-state index in [2.05, 4.69) is 20.8 Å². The van der Waals surface area contributed by atoms with E-state index < -0.39 is 5.82 Å². The minimum Gasteiger partial charge on any atom is -0.323 e. The van der Waals surface area contributed by atoms with Crippen molar-refractivity contribution in [1.29, 1.82) is 0 Å². The van der Waals surface area contributed by atoms with Crippen molar-refractivity contribution in [2.75, 3.05) is 11.1 Å². The highest BCUT2D eigenvalue weighted by molar-refractivity contribution is 7.99. The molecule has 0 aliphatic carbocycles. The Bertz CT molecular complexity index is 962. The first-order chi connectivity index (χ1) is 12.4. The zero-order valence-electron chi connectivity index (χ0n) is 14.0. The lowest BCUT2D eigenvalue weighted by molar-refractivity contribution is -0.113. The van der Waals surface area contributed by atoms with E-state index in [9.17, 15) is 9.18 Å². The Hall–Kier alpha value is -2.45. The number of thioether (sulfide) groups is 1. The largest absolute Gasteiger partial charge is 0.323 e. The van der Waals surface area contributed by atoms with Crippen molar-refractivity contribution in [2.45, 2.75) is 19.0 Å². The number of rotatable bonds is 5. The fourth-order valence-electron chi connectivity index (χ4n) is 2.20. The molecule has 0 saturated heterocycles. The summed E-state index contributed by atoms with van der Waals surface area (Å²) < 4.78 is 15.2. The molecular formula is C17H15ClFN5OS. The monoisotopic (exact) mass is 391 g/mol. The average molecular weight is 392 g/mol. The second-order valence-electron chi connectivity index (χ2n) is 5.60. The van der Waals surface area contributed by atoms with Gasteiger partial charge in [-0.1, -0.05) is 29.4 Å². The maximum absolute atomic E-state index is 13.7. The van der Waals surface area contributed by atoms with Crippen LogP contribution < -0.4 is 5.32 Å². The lowest BCUT2D eigenvalue weighted by atomic mass is 10.1. The fraction of sp³-hybridized carbons (Fsp3) is 0.176. The van der Waals surface area contributed by atoms with Crippen LogP contribution in [0.4, 0.5) is 10.1 Å². The Morgan fingerprint density at radius 2 is 2.04 bits per heavy atom. The molecule has 0 unspecified atom stereocenters. The molecule has 0 radical (unpaired) electrons. The van der Waals surface area contributed by atoms with Gasteiger partial charge in [0.25, 0.3) is 0 Å². The van der Waals surface area contributed by atoms with Gasteiger partial charge < -0.3 is 5.32 Å². The summed E-state index contributed by atoms with van der Waals surface area (Å²) in [6.45, 7) is 4.02. The standard InChI is InChI=1S/C17H15ClFN5OS/c1-10-3-5-13(7-11(10)2)24-17(21-22-23-24)26-9-16(25)20-15-8-12(18)4-6-14(15)19/h3-8H,9H2,1-2H3,(H,20,25). The number of aryl methyl sites for hydroxylation is 2. The van der Waals surface area contributed by atoms with E-state index >= 15 is 0 Å². The van der Waals surface area contributed by atoms with Crippen LogP contribution >= 0.6 is 23.4 Å². The molecule has 6 nitrogen and oxygen atoms in total. The van der Waals surface area contributed by atoms with E-state index in [-0.39, 0.29) is 17.3 Å². The van der Waals surface area contributed by atoms with Gasteiger partial charge in [-0.25, -0.2) is 4.39 Å². The van der Waals surface area contributed by atoms with Crippen molar-refractivity contribution in [1.82, 2.24) is 20.2 Å². The van der Waals surface area contributed by atoms with Crippen molar-refractivity contribution in [2.24, 2.45) is 0 Å². The quantitative estimate of drug-likeness (QED) is 0.669. The molecule has 2 aromatic carbocycles. The molecule has 9 heteroatoms. The van der Waals surface area contributed by atoms with Crippen LogP contribution in [0.2, 0.25) is 5.02 Å². The molecule has 134 valence electrons. The van der Waals surface area contributed by atoms with Crippen LogP contribution in [-0.2, 0) is 4.79 Å². The zero-order valence-corrected chi connectivity index (χ0v) is 15.6. The van der Waals surface area contributed by atoms with Gasteiger partial charge in [-0.05, 0) is 65.7 Å². The van der Waals surface area contributed by atoms with Gasteiger partial charge in [0.15, 0.2) is 0 Å². The number of tetrazole rings is 1. The van der Waals surface area contributed by atoms with Crippen LogP contribution in [0, 0.1) is 19.7 Å². The first kappa shape index (κ1) is 18.3. The number of benzene rings is 2. The van der Waals surface area contributed by atoms with Crippen molar-refractivity contribution in [3.63, 3.8) is 0 Å². The van der Waals surface area contributed by atoms with Gasteiger partial charge in [-0.15, -0.1) is 5.10 Å². The third-order valence-electron chi connectivity index (χ3n) is 3.71. The van der Waals surface area contributed by atoms with Crippen molar-refractivity contribution >= 4 is 35.0 Å². The lowest BCUT2D eigenvalue weighted by Crippen LogP contribution is -2.15. The molecule has 26 heavy (non-hydrogen) atoms. The van der Waals surface area contributed by atoms with E-state index in [4.69, 9.17) is 11.6 Å². The molecule has 1 amide bonds. The maximum Gasteiger partial charge on any atom is 0.234 e. The molecule has 0 aliphatic rings. The highest BCUT2D eigenvalue weighted by atomic mass is 35.5. The van der Waals surface area contributed by atoms with Gasteiger partial charge in [0, 0.05) is 5.02 Å². The summed E-state index contributed by atoms with van der Waals surface area (Å²) in [6.07, 6.45) is 0. The molecule has 0 aliphatic heterocycles. The molecule has 0 atom stereocenters. The third-order valence-corrected chi connectivity index (χ3v) is 4.87. The Labute approximate surface area is 158 Å².